The number of aromatic nitrogens is 1. The number of nitrogens with zero attached hydrogens (tertiary/aromatic N) is 1. The lowest BCUT2D eigenvalue weighted by molar-refractivity contribution is 0.452. The fraction of sp³-hybridized carbons (Fsp3) is 0.643. The molecule has 3 atom stereocenters. The Morgan fingerprint density at radius 1 is 1.44 bits per heavy atom. The number of hydrogen-bond donors (Lipinski definition) is 1. The van der Waals surface area contributed by atoms with Crippen LogP contribution in [0.5, 0.6) is 0 Å². The molecule has 0 aromatic carbocycles. The molecule has 1 N–H and O–H groups in total. The Morgan fingerprint density at radius 3 is 3.17 bits per heavy atom. The molecule has 0 amide bonds. The minimum absolute atomic E-state index is 0.582. The van der Waals surface area contributed by atoms with Crippen LogP contribution in [0.3, 0.4) is 0 Å². The molecule has 0 spiro atoms. The number of fused-ring (bicyclic) bond motifs is 1. The number of aryl methyl sites for hydroxylation is 1. The Balaban J connectivity index is 1.80. The average molecular weight is 280 g/mol. The van der Waals surface area contributed by atoms with Crippen molar-refractivity contribution < 1.29 is 0 Å². The van der Waals surface area contributed by atoms with Crippen molar-refractivity contribution >= 4 is 23.5 Å². The number of nitrogens with one attached hydrogen (secondary N) is 1. The number of hydrogen-bond acceptors (Lipinski definition) is 4. The summed E-state index contributed by atoms with van der Waals surface area (Å²) in [5, 5.41) is 4.32. The zero-order chi connectivity index (χ0) is 12.4. The lowest BCUT2D eigenvalue weighted by Crippen LogP contribution is -2.43. The summed E-state index contributed by atoms with van der Waals surface area (Å²) in [5.41, 5.74) is 2.82. The van der Waals surface area contributed by atoms with E-state index in [4.69, 9.17) is 0 Å². The molecular weight excluding hydrogens is 260 g/mol. The van der Waals surface area contributed by atoms with Crippen LogP contribution in [-0.4, -0.2) is 40.6 Å². The highest BCUT2D eigenvalue weighted by atomic mass is 32.2. The maximum atomic E-state index is 4.65. The lowest BCUT2D eigenvalue weighted by atomic mass is 9.94. The summed E-state index contributed by atoms with van der Waals surface area (Å²) < 4.78 is 0. The van der Waals surface area contributed by atoms with Gasteiger partial charge in [-0.05, 0) is 31.5 Å². The van der Waals surface area contributed by atoms with Gasteiger partial charge >= 0.3 is 0 Å². The summed E-state index contributed by atoms with van der Waals surface area (Å²) in [6, 6.07) is 4.90. The number of pyridine rings is 1. The highest BCUT2D eigenvalue weighted by molar-refractivity contribution is 8.06. The van der Waals surface area contributed by atoms with E-state index in [1.165, 1.54) is 41.4 Å². The summed E-state index contributed by atoms with van der Waals surface area (Å²) >= 11 is 4.25. The first-order chi connectivity index (χ1) is 8.90. The Kier molecular flexibility index (Phi) is 4.16. The molecule has 1 aliphatic carbocycles. The fourth-order valence-electron chi connectivity index (χ4n) is 3.15. The second kappa shape index (κ2) is 5.85. The topological polar surface area (TPSA) is 24.9 Å². The van der Waals surface area contributed by atoms with Gasteiger partial charge in [0.25, 0.3) is 0 Å². The Labute approximate surface area is 118 Å². The predicted molar refractivity (Wildman–Crippen MR) is 81.7 cm³/mol. The van der Waals surface area contributed by atoms with E-state index in [0.29, 0.717) is 12.0 Å². The number of likely N-dealkylation sites (N-methyl/N-ethyl adjacent to an activating group) is 1. The van der Waals surface area contributed by atoms with E-state index in [1.807, 2.05) is 6.20 Å². The van der Waals surface area contributed by atoms with Crippen LogP contribution < -0.4 is 5.32 Å². The van der Waals surface area contributed by atoms with Crippen LogP contribution in [0, 0.1) is 0 Å². The van der Waals surface area contributed by atoms with Crippen molar-refractivity contribution in [2.45, 2.75) is 30.1 Å². The average Bonchev–Trinajstić information content (AvgIpc) is 2.85. The van der Waals surface area contributed by atoms with Gasteiger partial charge in [0, 0.05) is 46.4 Å². The molecule has 98 valence electrons. The first kappa shape index (κ1) is 12.8. The maximum absolute atomic E-state index is 4.65. The molecule has 2 aliphatic rings. The molecule has 0 saturated carbocycles. The SMILES string of the molecule is CNC(C1CSCCS1)C1CCc2cccnc21. The van der Waals surface area contributed by atoms with Gasteiger partial charge in [-0.25, -0.2) is 0 Å². The van der Waals surface area contributed by atoms with E-state index in [-0.39, 0.29) is 0 Å². The van der Waals surface area contributed by atoms with Gasteiger partial charge in [0.05, 0.1) is 0 Å². The highest BCUT2D eigenvalue weighted by Gasteiger charge is 2.35. The first-order valence-electron chi connectivity index (χ1n) is 6.70. The summed E-state index contributed by atoms with van der Waals surface area (Å²) in [6.07, 6.45) is 4.42. The van der Waals surface area contributed by atoms with Crippen molar-refractivity contribution in [1.82, 2.24) is 10.3 Å². The third kappa shape index (κ3) is 2.43. The van der Waals surface area contributed by atoms with E-state index in [2.05, 4.69) is 53.0 Å². The second-order valence-electron chi connectivity index (χ2n) is 4.99. The van der Waals surface area contributed by atoms with Crippen molar-refractivity contribution in [3.63, 3.8) is 0 Å². The molecule has 1 aromatic rings. The van der Waals surface area contributed by atoms with Crippen LogP contribution in [0.4, 0.5) is 0 Å². The zero-order valence-corrected chi connectivity index (χ0v) is 12.4. The van der Waals surface area contributed by atoms with Crippen LogP contribution in [0.25, 0.3) is 0 Å². The summed E-state index contributed by atoms with van der Waals surface area (Å²) in [7, 11) is 2.12. The van der Waals surface area contributed by atoms with Gasteiger partial charge in [-0.15, -0.1) is 0 Å². The van der Waals surface area contributed by atoms with E-state index < -0.39 is 0 Å². The van der Waals surface area contributed by atoms with Crippen molar-refractivity contribution in [3.05, 3.63) is 29.6 Å². The maximum Gasteiger partial charge on any atom is 0.0482 e. The monoisotopic (exact) mass is 280 g/mol. The van der Waals surface area contributed by atoms with Gasteiger partial charge in [0.2, 0.25) is 0 Å². The highest BCUT2D eigenvalue weighted by Crippen LogP contribution is 2.39. The minimum atomic E-state index is 0.582. The minimum Gasteiger partial charge on any atom is -0.315 e. The van der Waals surface area contributed by atoms with Crippen molar-refractivity contribution in [3.8, 4) is 0 Å². The lowest BCUT2D eigenvalue weighted by Gasteiger charge is -2.33. The van der Waals surface area contributed by atoms with Crippen LogP contribution in [-0.2, 0) is 6.42 Å². The third-order valence-corrected chi connectivity index (χ3v) is 6.90. The first-order valence-corrected chi connectivity index (χ1v) is 8.91. The fourth-order valence-corrected chi connectivity index (χ4v) is 6.13. The Hall–Kier alpha value is -0.190. The second-order valence-corrected chi connectivity index (χ2v) is 7.49. The molecule has 3 rings (SSSR count). The van der Waals surface area contributed by atoms with E-state index in [0.717, 1.165) is 5.25 Å². The Bertz CT molecular complexity index is 405. The van der Waals surface area contributed by atoms with E-state index >= 15 is 0 Å². The molecule has 3 unspecified atom stereocenters. The molecule has 1 fully saturated rings. The van der Waals surface area contributed by atoms with Gasteiger partial charge in [-0.3, -0.25) is 4.98 Å². The summed E-state index contributed by atoms with van der Waals surface area (Å²) in [4.78, 5) is 4.65. The standard InChI is InChI=1S/C14H20N2S2/c1-15-14(12-9-17-7-8-18-12)11-5-4-10-3-2-6-16-13(10)11/h2-3,6,11-12,14-15H,4-5,7-9H2,1H3. The molecule has 0 radical (unpaired) electrons. The zero-order valence-electron chi connectivity index (χ0n) is 10.8. The quantitative estimate of drug-likeness (QED) is 0.920. The van der Waals surface area contributed by atoms with Gasteiger partial charge in [0.15, 0.2) is 0 Å². The molecule has 18 heavy (non-hydrogen) atoms. The molecule has 2 nitrogen and oxygen atoms in total. The van der Waals surface area contributed by atoms with Crippen LogP contribution in [0.1, 0.15) is 23.6 Å². The van der Waals surface area contributed by atoms with Crippen LogP contribution in [0.2, 0.25) is 0 Å². The third-order valence-electron chi connectivity index (χ3n) is 4.01. The smallest absolute Gasteiger partial charge is 0.0482 e. The molecular formula is C14H20N2S2. The molecule has 4 heteroatoms. The van der Waals surface area contributed by atoms with Crippen LogP contribution >= 0.6 is 23.5 Å². The van der Waals surface area contributed by atoms with E-state index in [1.54, 1.807) is 0 Å². The molecule has 2 heterocycles. The Morgan fingerprint density at radius 2 is 2.39 bits per heavy atom. The molecule has 1 aliphatic heterocycles. The predicted octanol–water partition coefficient (Wildman–Crippen LogP) is 2.55. The van der Waals surface area contributed by atoms with Crippen molar-refractivity contribution in [2.24, 2.45) is 0 Å². The summed E-state index contributed by atoms with van der Waals surface area (Å²) in [6.45, 7) is 0. The van der Waals surface area contributed by atoms with E-state index in [9.17, 15) is 0 Å². The van der Waals surface area contributed by atoms with Gasteiger partial charge in [-0.2, -0.15) is 23.5 Å². The van der Waals surface area contributed by atoms with Gasteiger partial charge < -0.3 is 5.32 Å². The number of thioether (sulfide) groups is 2. The summed E-state index contributed by atoms with van der Waals surface area (Å²) in [5.74, 6) is 4.52. The molecule has 1 saturated heterocycles. The largest absolute Gasteiger partial charge is 0.315 e. The van der Waals surface area contributed by atoms with Crippen LogP contribution in [0.15, 0.2) is 18.3 Å². The molecule has 1 aromatic heterocycles. The van der Waals surface area contributed by atoms with Gasteiger partial charge in [-0.1, -0.05) is 6.07 Å². The van der Waals surface area contributed by atoms with Gasteiger partial charge in [0.1, 0.15) is 0 Å². The molecule has 0 bridgehead atoms. The number of rotatable bonds is 3. The van der Waals surface area contributed by atoms with Crippen molar-refractivity contribution in [1.29, 1.82) is 0 Å². The normalized spacial score (nSPS) is 28.9. The van der Waals surface area contributed by atoms with Crippen molar-refractivity contribution in [2.75, 3.05) is 24.3 Å².